The zero-order chi connectivity index (χ0) is 20.4. The standard InChI is InChI=1S/C20H24N6O3/c1-12-5-7-13(8-6-12)23-17-16-15(11-21-18(16)27)24-19(25-17)26-9-3-2-4-14(26)10-22-20(28)29/h5-8,14,22H,2-4,9-11H2,1H3,(H,21,27)(H,28,29)(H,23,24,25). The number of carbonyl (C=O) groups is 2. The highest BCUT2D eigenvalue weighted by atomic mass is 16.4. The highest BCUT2D eigenvalue weighted by Gasteiger charge is 2.31. The number of carboxylic acid groups (broad SMARTS) is 1. The van der Waals surface area contributed by atoms with Crippen molar-refractivity contribution in [2.75, 3.05) is 23.3 Å². The van der Waals surface area contributed by atoms with Crippen LogP contribution in [0.4, 0.5) is 22.2 Å². The summed E-state index contributed by atoms with van der Waals surface area (Å²) < 4.78 is 0. The van der Waals surface area contributed by atoms with Crippen molar-refractivity contribution in [3.8, 4) is 0 Å². The molecule has 1 aromatic carbocycles. The van der Waals surface area contributed by atoms with Crippen LogP contribution < -0.4 is 20.9 Å². The molecule has 0 radical (unpaired) electrons. The first-order valence-corrected chi connectivity index (χ1v) is 9.77. The Hall–Kier alpha value is -3.36. The van der Waals surface area contributed by atoms with E-state index in [9.17, 15) is 9.59 Å². The van der Waals surface area contributed by atoms with Gasteiger partial charge in [-0.15, -0.1) is 0 Å². The van der Waals surface area contributed by atoms with Gasteiger partial charge < -0.3 is 26.0 Å². The number of amides is 2. The molecule has 1 atom stereocenters. The van der Waals surface area contributed by atoms with Crippen molar-refractivity contribution in [1.82, 2.24) is 20.6 Å². The summed E-state index contributed by atoms with van der Waals surface area (Å²) in [7, 11) is 0. The average Bonchev–Trinajstić information content (AvgIpc) is 3.09. The molecule has 9 heteroatoms. The number of aryl methyl sites for hydroxylation is 1. The number of nitrogens with one attached hydrogen (secondary N) is 3. The summed E-state index contributed by atoms with van der Waals surface area (Å²) in [4.78, 5) is 34.6. The second kappa shape index (κ2) is 7.94. The molecule has 3 heterocycles. The number of anilines is 3. The lowest BCUT2D eigenvalue weighted by Crippen LogP contribution is -2.47. The van der Waals surface area contributed by atoms with Crippen molar-refractivity contribution in [1.29, 1.82) is 0 Å². The van der Waals surface area contributed by atoms with Crippen molar-refractivity contribution in [3.05, 3.63) is 41.1 Å². The molecule has 0 bridgehead atoms. The minimum Gasteiger partial charge on any atom is -0.465 e. The summed E-state index contributed by atoms with van der Waals surface area (Å²) in [6, 6.07) is 7.84. The molecule has 4 N–H and O–H groups in total. The van der Waals surface area contributed by atoms with Crippen LogP contribution in [0.25, 0.3) is 0 Å². The SMILES string of the molecule is Cc1ccc(Nc2nc(N3CCCCC3CNC(=O)O)nc3c2C(=O)NC3)cc1. The number of rotatable bonds is 5. The van der Waals surface area contributed by atoms with Crippen LogP contribution in [0.5, 0.6) is 0 Å². The van der Waals surface area contributed by atoms with E-state index in [1.807, 2.05) is 36.1 Å². The predicted octanol–water partition coefficient (Wildman–Crippen LogP) is 2.40. The van der Waals surface area contributed by atoms with E-state index in [2.05, 4.69) is 25.9 Å². The normalized spacial score (nSPS) is 18.2. The molecule has 4 rings (SSSR count). The number of benzene rings is 1. The summed E-state index contributed by atoms with van der Waals surface area (Å²) >= 11 is 0. The quantitative estimate of drug-likeness (QED) is 0.613. The minimum atomic E-state index is -1.04. The fraction of sp³-hybridized carbons (Fsp3) is 0.400. The Balaban J connectivity index is 1.67. The van der Waals surface area contributed by atoms with E-state index >= 15 is 0 Å². The van der Waals surface area contributed by atoms with Gasteiger partial charge in [-0.1, -0.05) is 17.7 Å². The Morgan fingerprint density at radius 2 is 2.07 bits per heavy atom. The third-order valence-corrected chi connectivity index (χ3v) is 5.30. The summed E-state index contributed by atoms with van der Waals surface area (Å²) in [5.41, 5.74) is 3.10. The molecule has 1 saturated heterocycles. The summed E-state index contributed by atoms with van der Waals surface area (Å²) in [6.45, 7) is 3.43. The number of fused-ring (bicyclic) bond motifs is 1. The molecular weight excluding hydrogens is 372 g/mol. The molecule has 152 valence electrons. The van der Waals surface area contributed by atoms with Gasteiger partial charge in [-0.3, -0.25) is 4.79 Å². The molecule has 2 aromatic rings. The van der Waals surface area contributed by atoms with Crippen molar-refractivity contribution in [3.63, 3.8) is 0 Å². The third kappa shape index (κ3) is 4.08. The van der Waals surface area contributed by atoms with Gasteiger partial charge in [-0.05, 0) is 38.3 Å². The van der Waals surface area contributed by atoms with Crippen molar-refractivity contribution in [2.45, 2.75) is 38.8 Å². The lowest BCUT2D eigenvalue weighted by molar-refractivity contribution is 0.0966. The Morgan fingerprint density at radius 1 is 1.28 bits per heavy atom. The number of hydrogen-bond donors (Lipinski definition) is 4. The Labute approximate surface area is 168 Å². The summed E-state index contributed by atoms with van der Waals surface area (Å²) in [5, 5.41) is 17.5. The number of nitrogens with zero attached hydrogens (tertiary/aromatic N) is 3. The van der Waals surface area contributed by atoms with Crippen LogP contribution in [-0.2, 0) is 6.54 Å². The van der Waals surface area contributed by atoms with E-state index < -0.39 is 6.09 Å². The van der Waals surface area contributed by atoms with E-state index in [4.69, 9.17) is 5.11 Å². The van der Waals surface area contributed by atoms with Gasteiger partial charge >= 0.3 is 6.09 Å². The van der Waals surface area contributed by atoms with Crippen LogP contribution >= 0.6 is 0 Å². The third-order valence-electron chi connectivity index (χ3n) is 5.30. The highest BCUT2D eigenvalue weighted by molar-refractivity contribution is 6.02. The van der Waals surface area contributed by atoms with Gasteiger partial charge in [0.2, 0.25) is 5.95 Å². The van der Waals surface area contributed by atoms with E-state index in [-0.39, 0.29) is 11.9 Å². The molecule has 2 aliphatic heterocycles. The lowest BCUT2D eigenvalue weighted by Gasteiger charge is -2.36. The molecule has 2 amide bonds. The van der Waals surface area contributed by atoms with Gasteiger partial charge in [0.05, 0.1) is 12.2 Å². The van der Waals surface area contributed by atoms with Crippen LogP contribution in [0.3, 0.4) is 0 Å². The van der Waals surface area contributed by atoms with E-state index in [1.165, 1.54) is 0 Å². The molecular formula is C20H24N6O3. The van der Waals surface area contributed by atoms with Gasteiger partial charge in [0.15, 0.2) is 0 Å². The Morgan fingerprint density at radius 3 is 2.83 bits per heavy atom. The number of carbonyl (C=O) groups excluding carboxylic acids is 1. The van der Waals surface area contributed by atoms with Crippen molar-refractivity contribution >= 4 is 29.5 Å². The Bertz CT molecular complexity index is 931. The summed E-state index contributed by atoms with van der Waals surface area (Å²) in [5.74, 6) is 0.801. The van der Waals surface area contributed by atoms with Crippen molar-refractivity contribution in [2.24, 2.45) is 0 Å². The smallest absolute Gasteiger partial charge is 0.404 e. The van der Waals surface area contributed by atoms with Crippen molar-refractivity contribution < 1.29 is 14.7 Å². The molecule has 1 aromatic heterocycles. The minimum absolute atomic E-state index is 0.0183. The van der Waals surface area contributed by atoms with E-state index in [0.717, 1.165) is 37.1 Å². The van der Waals surface area contributed by atoms with Gasteiger partial charge in [-0.25, -0.2) is 9.78 Å². The predicted molar refractivity (Wildman–Crippen MR) is 109 cm³/mol. The van der Waals surface area contributed by atoms with Crippen LogP contribution in [0.2, 0.25) is 0 Å². The number of hydrogen-bond acceptors (Lipinski definition) is 6. The molecule has 0 aliphatic carbocycles. The molecule has 2 aliphatic rings. The molecule has 0 saturated carbocycles. The average molecular weight is 396 g/mol. The van der Waals surface area contributed by atoms with E-state index in [1.54, 1.807) is 0 Å². The van der Waals surface area contributed by atoms with Gasteiger partial charge in [0.1, 0.15) is 11.4 Å². The largest absolute Gasteiger partial charge is 0.465 e. The van der Waals surface area contributed by atoms with Crippen LogP contribution in [0.15, 0.2) is 24.3 Å². The number of piperidine rings is 1. The lowest BCUT2D eigenvalue weighted by atomic mass is 10.0. The van der Waals surface area contributed by atoms with E-state index in [0.29, 0.717) is 36.1 Å². The maximum Gasteiger partial charge on any atom is 0.404 e. The first-order chi connectivity index (χ1) is 14.0. The molecule has 29 heavy (non-hydrogen) atoms. The number of aromatic nitrogens is 2. The zero-order valence-electron chi connectivity index (χ0n) is 16.2. The first kappa shape index (κ1) is 19.0. The zero-order valence-corrected chi connectivity index (χ0v) is 16.2. The fourth-order valence-electron chi connectivity index (χ4n) is 3.79. The molecule has 9 nitrogen and oxygen atoms in total. The van der Waals surface area contributed by atoms with Crippen LogP contribution in [-0.4, -0.2) is 46.2 Å². The summed E-state index contributed by atoms with van der Waals surface area (Å²) in [6.07, 6.45) is 1.84. The highest BCUT2D eigenvalue weighted by Crippen LogP contribution is 2.29. The Kier molecular flexibility index (Phi) is 5.20. The molecule has 0 spiro atoms. The second-order valence-electron chi connectivity index (χ2n) is 7.40. The maximum absolute atomic E-state index is 12.3. The molecule has 1 fully saturated rings. The topological polar surface area (TPSA) is 119 Å². The van der Waals surface area contributed by atoms with Crippen LogP contribution in [0.1, 0.15) is 40.9 Å². The molecule has 1 unspecified atom stereocenters. The van der Waals surface area contributed by atoms with Gasteiger partial charge in [0, 0.05) is 24.8 Å². The fourth-order valence-corrected chi connectivity index (χ4v) is 3.79. The first-order valence-electron chi connectivity index (χ1n) is 9.77. The van der Waals surface area contributed by atoms with Gasteiger partial charge in [0.25, 0.3) is 5.91 Å². The van der Waals surface area contributed by atoms with Crippen LogP contribution in [0, 0.1) is 6.92 Å². The second-order valence-corrected chi connectivity index (χ2v) is 7.40. The maximum atomic E-state index is 12.3. The monoisotopic (exact) mass is 396 g/mol. The van der Waals surface area contributed by atoms with Gasteiger partial charge in [-0.2, -0.15) is 4.98 Å².